The van der Waals surface area contributed by atoms with Gasteiger partial charge in [0.1, 0.15) is 11.6 Å². The molecule has 0 aliphatic rings. The third kappa shape index (κ3) is 13.4. The lowest BCUT2D eigenvalue weighted by atomic mass is 9.96. The Morgan fingerprint density at radius 3 is 1.27 bits per heavy atom. The molecule has 9 rings (SSSR count). The maximum Gasteiger partial charge on any atom is 0.115 e. The number of rotatable bonds is 0. The Morgan fingerprint density at radius 2 is 0.889 bits per heavy atom. The Kier molecular flexibility index (Phi) is 15.3. The zero-order chi connectivity index (χ0) is 46.5. The summed E-state index contributed by atoms with van der Waals surface area (Å²) in [4.78, 5) is 26.1. The lowest BCUT2D eigenvalue weighted by Crippen LogP contribution is -2.17. The molecule has 0 saturated heterocycles. The van der Waals surface area contributed by atoms with E-state index in [2.05, 4.69) is 211 Å². The summed E-state index contributed by atoms with van der Waals surface area (Å²) in [5, 5.41) is 5.76. The number of aromatic nitrogens is 7. The van der Waals surface area contributed by atoms with E-state index in [1.165, 1.54) is 29.9 Å². The van der Waals surface area contributed by atoms with Crippen molar-refractivity contribution < 1.29 is 0 Å². The van der Waals surface area contributed by atoms with Gasteiger partial charge in [0.2, 0.25) is 0 Å². The molecule has 63 heavy (non-hydrogen) atoms. The maximum absolute atomic E-state index is 4.65. The van der Waals surface area contributed by atoms with Crippen LogP contribution >= 0.6 is 34.0 Å². The van der Waals surface area contributed by atoms with Gasteiger partial charge in [0, 0.05) is 45.2 Å². The number of H-pyrrole nitrogens is 1. The molecular weight excluding hydrogens is 831 g/mol. The van der Waals surface area contributed by atoms with E-state index >= 15 is 0 Å². The summed E-state index contributed by atoms with van der Waals surface area (Å²) in [5.74, 6) is 2.19. The van der Waals surface area contributed by atoms with Crippen LogP contribution in [0.3, 0.4) is 0 Å². The first-order valence-corrected chi connectivity index (χ1v) is 24.2. The van der Waals surface area contributed by atoms with Crippen LogP contribution in [0.5, 0.6) is 0 Å². The average molecular weight is 900 g/mol. The van der Waals surface area contributed by atoms with E-state index in [0.717, 1.165) is 44.9 Å². The van der Waals surface area contributed by atoms with Gasteiger partial charge >= 0.3 is 0 Å². The number of aryl methyl sites for hydroxylation is 2. The Balaban J connectivity index is 0.000000149. The molecule has 9 aromatic rings. The number of hydrogen-bond donors (Lipinski definition) is 1. The predicted molar refractivity (Wildman–Crippen MR) is 276 cm³/mol. The van der Waals surface area contributed by atoms with Crippen molar-refractivity contribution in [3.8, 4) is 0 Å². The summed E-state index contributed by atoms with van der Waals surface area (Å²) in [7, 11) is 2.08. The van der Waals surface area contributed by atoms with Crippen LogP contribution in [0, 0.1) is 6.92 Å². The first-order valence-electron chi connectivity index (χ1n) is 21.7. The lowest BCUT2D eigenvalue weighted by molar-refractivity contribution is 0.526. The van der Waals surface area contributed by atoms with Crippen LogP contribution in [-0.4, -0.2) is 34.5 Å². The highest BCUT2D eigenvalue weighted by molar-refractivity contribution is 7.19. The van der Waals surface area contributed by atoms with Crippen molar-refractivity contribution in [2.45, 2.75) is 138 Å². The minimum Gasteiger partial charge on any atom is -0.342 e. The van der Waals surface area contributed by atoms with E-state index in [1.54, 1.807) is 34.0 Å². The normalized spacial score (nSPS) is 12.2. The fourth-order valence-corrected chi connectivity index (χ4v) is 9.14. The molecule has 0 bridgehead atoms. The molecule has 0 spiro atoms. The number of aromatic amines is 1. The Labute approximate surface area is 388 Å². The summed E-state index contributed by atoms with van der Waals surface area (Å²) < 4.78 is 4.75. The molecule has 0 radical (unpaired) electrons. The molecule has 0 saturated carbocycles. The third-order valence-corrected chi connectivity index (χ3v) is 14.0. The van der Waals surface area contributed by atoms with E-state index in [-0.39, 0.29) is 27.1 Å². The Hall–Kier alpha value is -4.77. The first-order chi connectivity index (χ1) is 29.2. The van der Waals surface area contributed by atoms with Crippen LogP contribution in [0.25, 0.3) is 42.5 Å². The van der Waals surface area contributed by atoms with Gasteiger partial charge in [0.05, 0.1) is 57.5 Å². The van der Waals surface area contributed by atoms with Crippen LogP contribution < -0.4 is 0 Å². The van der Waals surface area contributed by atoms with Gasteiger partial charge in [-0.2, -0.15) is 0 Å². The second-order valence-corrected chi connectivity index (χ2v) is 24.0. The molecule has 334 valence electrons. The zero-order valence-corrected chi connectivity index (χ0v) is 43.2. The van der Waals surface area contributed by atoms with Crippen molar-refractivity contribution in [3.63, 3.8) is 0 Å². The minimum absolute atomic E-state index is 0.0962. The quantitative estimate of drug-likeness (QED) is 0.164. The van der Waals surface area contributed by atoms with Crippen molar-refractivity contribution in [3.05, 3.63) is 135 Å². The molecule has 4 aromatic carbocycles. The minimum atomic E-state index is 0.0962. The topological polar surface area (TPSA) is 85.2 Å². The van der Waals surface area contributed by atoms with Gasteiger partial charge in [-0.05, 0) is 55.5 Å². The van der Waals surface area contributed by atoms with E-state index in [1.807, 2.05) is 43.3 Å². The summed E-state index contributed by atoms with van der Waals surface area (Å²) in [6, 6.07) is 33.0. The van der Waals surface area contributed by atoms with Crippen LogP contribution in [0.2, 0.25) is 0 Å². The second kappa shape index (κ2) is 19.5. The third-order valence-electron chi connectivity index (χ3n) is 9.69. The van der Waals surface area contributed by atoms with E-state index in [9.17, 15) is 0 Å². The molecule has 5 aromatic heterocycles. The molecule has 0 aliphatic heterocycles. The highest BCUT2D eigenvalue weighted by Gasteiger charge is 2.22. The SMILES string of the molecule is CC(C)(C)c1nc2ccccc2[nH]1.CC(C)(C)c1nc2ccccc2s1.CC(C)(C)c1nc2ccccc2s1.Cc1csc(C(C)(C)C)n1.Cn1c(C(C)(C)C)nc2ccccc21. The highest BCUT2D eigenvalue weighted by atomic mass is 32.1. The van der Waals surface area contributed by atoms with Crippen molar-refractivity contribution in [1.29, 1.82) is 0 Å². The summed E-state index contributed by atoms with van der Waals surface area (Å²) >= 11 is 5.33. The van der Waals surface area contributed by atoms with Crippen LogP contribution in [-0.2, 0) is 34.1 Å². The number of nitrogens with one attached hydrogen (secondary N) is 1. The highest BCUT2D eigenvalue weighted by Crippen LogP contribution is 2.32. The van der Waals surface area contributed by atoms with Gasteiger partial charge in [-0.3, -0.25) is 0 Å². The lowest BCUT2D eigenvalue weighted by Gasteiger charge is -2.17. The van der Waals surface area contributed by atoms with Crippen LogP contribution in [0.4, 0.5) is 0 Å². The van der Waals surface area contributed by atoms with Crippen molar-refractivity contribution in [1.82, 2.24) is 34.5 Å². The molecule has 0 amide bonds. The smallest absolute Gasteiger partial charge is 0.115 e. The second-order valence-electron chi connectivity index (χ2n) is 21.1. The fraction of sp³-hybridized carbons (Fsp3) is 0.415. The molecule has 10 heteroatoms. The van der Waals surface area contributed by atoms with Crippen molar-refractivity contribution in [2.75, 3.05) is 0 Å². The molecule has 7 nitrogen and oxygen atoms in total. The van der Waals surface area contributed by atoms with Gasteiger partial charge in [0.15, 0.2) is 0 Å². The monoisotopic (exact) mass is 899 g/mol. The van der Waals surface area contributed by atoms with Crippen LogP contribution in [0.15, 0.2) is 102 Å². The van der Waals surface area contributed by atoms with Crippen molar-refractivity contribution in [2.24, 2.45) is 7.05 Å². The average Bonchev–Trinajstić information content (AvgIpc) is 4.04. The number of hydrogen-bond acceptors (Lipinski definition) is 8. The molecule has 5 heterocycles. The van der Waals surface area contributed by atoms with Crippen molar-refractivity contribution >= 4 is 76.5 Å². The molecule has 0 aliphatic carbocycles. The number of benzene rings is 4. The zero-order valence-electron chi connectivity index (χ0n) is 40.7. The molecular formula is C53H69N7S3. The number of nitrogens with zero attached hydrogens (tertiary/aromatic N) is 6. The van der Waals surface area contributed by atoms with Gasteiger partial charge < -0.3 is 9.55 Å². The van der Waals surface area contributed by atoms with Gasteiger partial charge in [0.25, 0.3) is 0 Å². The van der Waals surface area contributed by atoms with Gasteiger partial charge in [-0.15, -0.1) is 34.0 Å². The predicted octanol–water partition coefficient (Wildman–Crippen LogP) is 15.7. The molecule has 0 fully saturated rings. The molecule has 0 atom stereocenters. The Morgan fingerprint density at radius 1 is 0.444 bits per heavy atom. The standard InChI is InChI=1S/C12H16N2.C11H14N2.2C11H13NS.C8H13NS/c1-12(2,3)11-13-9-7-5-6-8-10(9)14(11)4;3*1-11(2,3)10-12-8-6-4-5-7-9(8)13-10;1-6-5-10-7(9-6)8(2,3)4/h5-8H,1-4H3;4-7H,1-3H3,(H,12,13);2*4-7H,1-3H3;5H,1-4H3. The molecule has 1 N–H and O–H groups in total. The van der Waals surface area contributed by atoms with Crippen LogP contribution in [0.1, 0.15) is 136 Å². The van der Waals surface area contributed by atoms with E-state index < -0.39 is 0 Å². The Bertz CT molecular complexity index is 2550. The summed E-state index contributed by atoms with van der Waals surface area (Å²) in [5.41, 5.74) is 8.60. The fourth-order valence-electron chi connectivity index (χ4n) is 6.21. The van der Waals surface area contributed by atoms with Gasteiger partial charge in [-0.1, -0.05) is 152 Å². The van der Waals surface area contributed by atoms with E-state index in [0.29, 0.717) is 0 Å². The van der Waals surface area contributed by atoms with Gasteiger partial charge in [-0.25, -0.2) is 24.9 Å². The largest absolute Gasteiger partial charge is 0.342 e. The first kappa shape index (κ1) is 49.2. The number of para-hydroxylation sites is 6. The summed E-state index contributed by atoms with van der Waals surface area (Å²) in [6.45, 7) is 34.8. The number of imidazole rings is 2. The number of fused-ring (bicyclic) bond motifs is 4. The maximum atomic E-state index is 4.65. The molecule has 0 unspecified atom stereocenters. The summed E-state index contributed by atoms with van der Waals surface area (Å²) in [6.07, 6.45) is 0. The van der Waals surface area contributed by atoms with E-state index in [4.69, 9.17) is 0 Å². The number of thiazole rings is 3.